The molecule has 0 saturated carbocycles. The van der Waals surface area contributed by atoms with Gasteiger partial charge in [-0.25, -0.2) is 4.39 Å². The smallest absolute Gasteiger partial charge is 0.123 e. The van der Waals surface area contributed by atoms with Crippen molar-refractivity contribution in [2.45, 2.75) is 30.2 Å². The molecule has 1 aromatic carbocycles. The summed E-state index contributed by atoms with van der Waals surface area (Å²) in [7, 11) is 0. The first kappa shape index (κ1) is 12.4. The first-order valence-electron chi connectivity index (χ1n) is 6.39. The molecule has 0 N–H and O–H groups in total. The van der Waals surface area contributed by atoms with E-state index >= 15 is 0 Å². The van der Waals surface area contributed by atoms with E-state index in [4.69, 9.17) is 9.47 Å². The standard InChI is InChI=1S/C14H16BrFO2/c15-13-3-4-17-8-10(13)7-12-6-9-5-11(16)1-2-14(9)18-12/h1-2,5,10,12-13H,3-4,6-8H2. The predicted octanol–water partition coefficient (Wildman–Crippen LogP) is 3.32. The quantitative estimate of drug-likeness (QED) is 0.780. The molecule has 1 saturated heterocycles. The Bertz CT molecular complexity index is 438. The van der Waals surface area contributed by atoms with Gasteiger partial charge in [0.1, 0.15) is 17.7 Å². The van der Waals surface area contributed by atoms with Crippen LogP contribution in [0.3, 0.4) is 0 Å². The minimum atomic E-state index is -0.183. The van der Waals surface area contributed by atoms with Gasteiger partial charge < -0.3 is 9.47 Å². The lowest BCUT2D eigenvalue weighted by Crippen LogP contribution is -2.32. The van der Waals surface area contributed by atoms with Crippen molar-refractivity contribution >= 4 is 15.9 Å². The number of ether oxygens (including phenoxy) is 2. The number of fused-ring (bicyclic) bond motifs is 1. The largest absolute Gasteiger partial charge is 0.490 e. The Balaban J connectivity index is 1.63. The summed E-state index contributed by atoms with van der Waals surface area (Å²) in [6, 6.07) is 4.77. The van der Waals surface area contributed by atoms with Gasteiger partial charge in [0.15, 0.2) is 0 Å². The highest BCUT2D eigenvalue weighted by atomic mass is 79.9. The van der Waals surface area contributed by atoms with Gasteiger partial charge in [0.05, 0.1) is 6.61 Å². The number of hydrogen-bond acceptors (Lipinski definition) is 2. The van der Waals surface area contributed by atoms with Crippen molar-refractivity contribution in [2.75, 3.05) is 13.2 Å². The second-order valence-electron chi connectivity index (χ2n) is 5.07. The van der Waals surface area contributed by atoms with Gasteiger partial charge in [-0.2, -0.15) is 0 Å². The molecular formula is C14H16BrFO2. The third kappa shape index (κ3) is 2.54. The summed E-state index contributed by atoms with van der Waals surface area (Å²) >= 11 is 3.71. The zero-order valence-electron chi connectivity index (χ0n) is 10.1. The average Bonchev–Trinajstić information content (AvgIpc) is 2.73. The van der Waals surface area contributed by atoms with Crippen LogP contribution in [0.4, 0.5) is 4.39 Å². The van der Waals surface area contributed by atoms with Crippen molar-refractivity contribution in [3.63, 3.8) is 0 Å². The van der Waals surface area contributed by atoms with E-state index in [0.717, 1.165) is 43.8 Å². The Morgan fingerprint density at radius 2 is 2.28 bits per heavy atom. The van der Waals surface area contributed by atoms with Crippen LogP contribution in [0.25, 0.3) is 0 Å². The van der Waals surface area contributed by atoms with Crippen LogP contribution in [-0.4, -0.2) is 24.1 Å². The summed E-state index contributed by atoms with van der Waals surface area (Å²) in [5.74, 6) is 1.14. The van der Waals surface area contributed by atoms with Crippen molar-refractivity contribution in [3.8, 4) is 5.75 Å². The second-order valence-corrected chi connectivity index (χ2v) is 6.25. The Morgan fingerprint density at radius 1 is 1.39 bits per heavy atom. The fourth-order valence-corrected chi connectivity index (χ4v) is 3.30. The summed E-state index contributed by atoms with van der Waals surface area (Å²) in [6.07, 6.45) is 2.99. The molecule has 3 atom stereocenters. The lowest BCUT2D eigenvalue weighted by molar-refractivity contribution is 0.0424. The lowest BCUT2D eigenvalue weighted by atomic mass is 9.93. The summed E-state index contributed by atoms with van der Waals surface area (Å²) in [6.45, 7) is 1.63. The Morgan fingerprint density at radius 3 is 3.11 bits per heavy atom. The highest BCUT2D eigenvalue weighted by Crippen LogP contribution is 2.34. The van der Waals surface area contributed by atoms with E-state index in [0.29, 0.717) is 10.7 Å². The summed E-state index contributed by atoms with van der Waals surface area (Å²) < 4.78 is 24.5. The Hall–Kier alpha value is -0.610. The van der Waals surface area contributed by atoms with Crippen molar-refractivity contribution < 1.29 is 13.9 Å². The van der Waals surface area contributed by atoms with E-state index in [1.165, 1.54) is 6.07 Å². The van der Waals surface area contributed by atoms with Gasteiger partial charge >= 0.3 is 0 Å². The normalized spacial score (nSPS) is 30.9. The van der Waals surface area contributed by atoms with Gasteiger partial charge in [0.2, 0.25) is 0 Å². The predicted molar refractivity (Wildman–Crippen MR) is 70.8 cm³/mol. The molecular weight excluding hydrogens is 299 g/mol. The molecule has 3 rings (SSSR count). The summed E-state index contributed by atoms with van der Waals surface area (Å²) in [5.41, 5.74) is 0.989. The van der Waals surface area contributed by atoms with E-state index in [1.807, 2.05) is 0 Å². The SMILES string of the molecule is Fc1ccc2c(c1)CC(CC1COCCC1Br)O2. The van der Waals surface area contributed by atoms with Crippen LogP contribution in [-0.2, 0) is 11.2 Å². The Labute approximate surface area is 115 Å². The first-order chi connectivity index (χ1) is 8.72. The fourth-order valence-electron chi connectivity index (χ4n) is 2.74. The third-order valence-electron chi connectivity index (χ3n) is 3.71. The number of rotatable bonds is 2. The second kappa shape index (κ2) is 5.17. The van der Waals surface area contributed by atoms with Crippen LogP contribution >= 0.6 is 15.9 Å². The van der Waals surface area contributed by atoms with Crippen LogP contribution in [0.15, 0.2) is 18.2 Å². The molecule has 0 radical (unpaired) electrons. The molecule has 0 spiro atoms. The van der Waals surface area contributed by atoms with Crippen LogP contribution in [0.5, 0.6) is 5.75 Å². The molecule has 3 unspecified atom stereocenters. The molecule has 0 bridgehead atoms. The highest BCUT2D eigenvalue weighted by molar-refractivity contribution is 9.09. The maximum atomic E-state index is 13.1. The van der Waals surface area contributed by atoms with Gasteiger partial charge in [0.25, 0.3) is 0 Å². The monoisotopic (exact) mass is 314 g/mol. The average molecular weight is 315 g/mol. The van der Waals surface area contributed by atoms with E-state index < -0.39 is 0 Å². The zero-order chi connectivity index (χ0) is 12.5. The van der Waals surface area contributed by atoms with Crippen molar-refractivity contribution in [1.29, 1.82) is 0 Å². The van der Waals surface area contributed by atoms with Gasteiger partial charge in [-0.3, -0.25) is 0 Å². The van der Waals surface area contributed by atoms with Crippen LogP contribution in [0.1, 0.15) is 18.4 Å². The number of benzene rings is 1. The van der Waals surface area contributed by atoms with Crippen LogP contribution < -0.4 is 4.74 Å². The molecule has 98 valence electrons. The topological polar surface area (TPSA) is 18.5 Å². The number of alkyl halides is 1. The maximum Gasteiger partial charge on any atom is 0.123 e. The molecule has 1 fully saturated rings. The summed E-state index contributed by atoms with van der Waals surface area (Å²) in [4.78, 5) is 0.510. The van der Waals surface area contributed by atoms with E-state index in [2.05, 4.69) is 15.9 Å². The third-order valence-corrected chi connectivity index (χ3v) is 4.92. The molecule has 18 heavy (non-hydrogen) atoms. The van der Waals surface area contributed by atoms with Crippen LogP contribution in [0, 0.1) is 11.7 Å². The highest BCUT2D eigenvalue weighted by Gasteiger charge is 2.30. The van der Waals surface area contributed by atoms with Gasteiger partial charge in [-0.05, 0) is 37.0 Å². The molecule has 2 heterocycles. The maximum absolute atomic E-state index is 13.1. The molecule has 2 aliphatic heterocycles. The van der Waals surface area contributed by atoms with Gasteiger partial charge in [-0.1, -0.05) is 15.9 Å². The van der Waals surface area contributed by atoms with E-state index in [1.54, 1.807) is 12.1 Å². The fraction of sp³-hybridized carbons (Fsp3) is 0.571. The molecule has 2 nitrogen and oxygen atoms in total. The van der Waals surface area contributed by atoms with Gasteiger partial charge in [-0.15, -0.1) is 0 Å². The minimum Gasteiger partial charge on any atom is -0.490 e. The van der Waals surface area contributed by atoms with E-state index in [-0.39, 0.29) is 11.9 Å². The minimum absolute atomic E-state index is 0.161. The van der Waals surface area contributed by atoms with Crippen molar-refractivity contribution in [1.82, 2.24) is 0 Å². The van der Waals surface area contributed by atoms with Gasteiger partial charge in [0, 0.05) is 23.4 Å². The zero-order valence-corrected chi connectivity index (χ0v) is 11.7. The molecule has 0 amide bonds. The molecule has 0 aromatic heterocycles. The van der Waals surface area contributed by atoms with Crippen molar-refractivity contribution in [2.24, 2.45) is 5.92 Å². The van der Waals surface area contributed by atoms with Crippen molar-refractivity contribution in [3.05, 3.63) is 29.6 Å². The number of hydrogen-bond donors (Lipinski definition) is 0. The summed E-state index contributed by atoms with van der Waals surface area (Å²) in [5, 5.41) is 0. The molecule has 4 heteroatoms. The first-order valence-corrected chi connectivity index (χ1v) is 7.31. The molecule has 0 aliphatic carbocycles. The molecule has 2 aliphatic rings. The van der Waals surface area contributed by atoms with Crippen LogP contribution in [0.2, 0.25) is 0 Å². The molecule has 1 aromatic rings. The lowest BCUT2D eigenvalue weighted by Gasteiger charge is -2.29. The number of halogens is 2. The van der Waals surface area contributed by atoms with E-state index in [9.17, 15) is 4.39 Å². The Kier molecular flexibility index (Phi) is 3.57.